The minimum absolute atomic E-state index is 0. The molecule has 7 nitrogen and oxygen atoms in total. The summed E-state index contributed by atoms with van der Waals surface area (Å²) >= 11 is 0. The fourth-order valence-corrected chi connectivity index (χ4v) is 3.64. The van der Waals surface area contributed by atoms with Crippen molar-refractivity contribution < 1.29 is 17.9 Å². The summed E-state index contributed by atoms with van der Waals surface area (Å²) in [6.45, 7) is 6.65. The number of nitrogens with one attached hydrogen (secondary N) is 2. The van der Waals surface area contributed by atoms with E-state index in [1.807, 2.05) is 13.8 Å². The van der Waals surface area contributed by atoms with Crippen molar-refractivity contribution in [3.8, 4) is 5.75 Å². The van der Waals surface area contributed by atoms with Crippen LogP contribution in [0.3, 0.4) is 0 Å². The van der Waals surface area contributed by atoms with Crippen LogP contribution in [0.5, 0.6) is 5.75 Å². The van der Waals surface area contributed by atoms with E-state index in [-0.39, 0.29) is 42.2 Å². The lowest BCUT2D eigenvalue weighted by molar-refractivity contribution is -0.133. The molecule has 0 radical (unpaired) electrons. The summed E-state index contributed by atoms with van der Waals surface area (Å²) in [7, 11) is -3.62. The summed E-state index contributed by atoms with van der Waals surface area (Å²) in [4.78, 5) is 14.1. The second-order valence-corrected chi connectivity index (χ2v) is 7.46. The van der Waals surface area contributed by atoms with E-state index in [1.54, 1.807) is 17.0 Å². The van der Waals surface area contributed by atoms with E-state index in [4.69, 9.17) is 4.74 Å². The maximum atomic E-state index is 12.2. The largest absolute Gasteiger partial charge is 0.494 e. The lowest BCUT2D eigenvalue weighted by Gasteiger charge is -2.34. The van der Waals surface area contributed by atoms with Crippen molar-refractivity contribution in [3.63, 3.8) is 0 Å². The highest BCUT2D eigenvalue weighted by atomic mass is 35.5. The Bertz CT molecular complexity index is 652. The summed E-state index contributed by atoms with van der Waals surface area (Å²) in [5.74, 6) is 0.595. The van der Waals surface area contributed by atoms with Crippen LogP contribution in [0.25, 0.3) is 0 Å². The third-order valence-electron chi connectivity index (χ3n) is 3.90. The molecule has 0 saturated carbocycles. The highest BCUT2D eigenvalue weighted by Gasteiger charge is 2.23. The monoisotopic (exact) mass is 391 g/mol. The predicted octanol–water partition coefficient (Wildman–Crippen LogP) is 0.996. The van der Waals surface area contributed by atoms with E-state index in [2.05, 4.69) is 10.0 Å². The Morgan fingerprint density at radius 2 is 2.04 bits per heavy atom. The van der Waals surface area contributed by atoms with Crippen molar-refractivity contribution in [1.82, 2.24) is 14.9 Å². The minimum atomic E-state index is -3.62. The lowest BCUT2D eigenvalue weighted by atomic mass is 10.2. The van der Waals surface area contributed by atoms with Gasteiger partial charge in [0.15, 0.2) is 0 Å². The van der Waals surface area contributed by atoms with Gasteiger partial charge in [-0.1, -0.05) is 0 Å². The standard InChI is InChI=1S/C16H25N3O4S.ClH/c1-3-23-14-4-6-15(7-5-14)24(21,22)18-9-8-16(20)19-11-10-17-12-13(19)2;/h4-7,13,17-18H,3,8-12H2,1-2H3;1H/t13-;/m0./s1. The number of carbonyl (C=O) groups is 1. The van der Waals surface area contributed by atoms with Crippen LogP contribution in [0.15, 0.2) is 29.2 Å². The Balaban J connectivity index is 0.00000312. The Morgan fingerprint density at radius 1 is 1.36 bits per heavy atom. The van der Waals surface area contributed by atoms with Crippen molar-refractivity contribution in [2.24, 2.45) is 0 Å². The van der Waals surface area contributed by atoms with Crippen LogP contribution in [-0.2, 0) is 14.8 Å². The minimum Gasteiger partial charge on any atom is -0.494 e. The van der Waals surface area contributed by atoms with Gasteiger partial charge in [0.05, 0.1) is 11.5 Å². The number of sulfonamides is 1. The summed E-state index contributed by atoms with van der Waals surface area (Å²) in [6.07, 6.45) is 0.153. The number of rotatable bonds is 7. The second kappa shape index (κ2) is 9.96. The Kier molecular flexibility index (Phi) is 8.64. The molecule has 2 rings (SSSR count). The number of benzene rings is 1. The molecule has 0 aliphatic carbocycles. The fourth-order valence-electron chi connectivity index (χ4n) is 2.61. The van der Waals surface area contributed by atoms with Crippen LogP contribution in [0.2, 0.25) is 0 Å². The van der Waals surface area contributed by atoms with Gasteiger partial charge >= 0.3 is 0 Å². The lowest BCUT2D eigenvalue weighted by Crippen LogP contribution is -2.52. The number of piperazine rings is 1. The van der Waals surface area contributed by atoms with Gasteiger partial charge in [0.25, 0.3) is 0 Å². The average molecular weight is 392 g/mol. The SMILES string of the molecule is CCOc1ccc(S(=O)(=O)NCCC(=O)N2CCNC[C@@H]2C)cc1.Cl. The zero-order chi connectivity index (χ0) is 17.6. The number of halogens is 1. The first-order valence-corrected chi connectivity index (χ1v) is 9.65. The summed E-state index contributed by atoms with van der Waals surface area (Å²) in [5, 5.41) is 3.22. The Morgan fingerprint density at radius 3 is 2.64 bits per heavy atom. The first kappa shape index (κ1) is 21.7. The molecule has 25 heavy (non-hydrogen) atoms. The zero-order valence-corrected chi connectivity index (χ0v) is 16.2. The maximum absolute atomic E-state index is 12.2. The fraction of sp³-hybridized carbons (Fsp3) is 0.562. The summed E-state index contributed by atoms with van der Waals surface area (Å²) < 4.78 is 32.2. The molecule has 1 aromatic rings. The highest BCUT2D eigenvalue weighted by Crippen LogP contribution is 2.15. The molecule has 0 spiro atoms. The van der Waals surface area contributed by atoms with E-state index in [1.165, 1.54) is 12.1 Å². The topological polar surface area (TPSA) is 87.7 Å². The van der Waals surface area contributed by atoms with Crippen LogP contribution in [0.4, 0.5) is 0 Å². The van der Waals surface area contributed by atoms with E-state index in [0.717, 1.165) is 13.1 Å². The van der Waals surface area contributed by atoms with Crippen LogP contribution in [0, 0.1) is 0 Å². The normalized spacial score (nSPS) is 17.7. The molecule has 1 fully saturated rings. The van der Waals surface area contributed by atoms with E-state index in [0.29, 0.717) is 18.9 Å². The number of hydrogen-bond acceptors (Lipinski definition) is 5. The van der Waals surface area contributed by atoms with Gasteiger partial charge in [-0.2, -0.15) is 0 Å². The molecule has 0 bridgehead atoms. The van der Waals surface area contributed by atoms with Crippen LogP contribution >= 0.6 is 12.4 Å². The van der Waals surface area contributed by atoms with Gasteiger partial charge < -0.3 is 15.0 Å². The first-order valence-electron chi connectivity index (χ1n) is 8.16. The van der Waals surface area contributed by atoms with Crippen molar-refractivity contribution in [1.29, 1.82) is 0 Å². The van der Waals surface area contributed by atoms with Crippen LogP contribution in [0.1, 0.15) is 20.3 Å². The van der Waals surface area contributed by atoms with Crippen LogP contribution in [-0.4, -0.2) is 58.1 Å². The third-order valence-corrected chi connectivity index (χ3v) is 5.37. The molecule has 1 aliphatic rings. The van der Waals surface area contributed by atoms with Crippen molar-refractivity contribution >= 4 is 28.3 Å². The Hall–Kier alpha value is -1.35. The molecule has 1 heterocycles. The molecular formula is C16H26ClN3O4S. The van der Waals surface area contributed by atoms with Gasteiger partial charge in [0.1, 0.15) is 5.75 Å². The van der Waals surface area contributed by atoms with Gasteiger partial charge in [-0.05, 0) is 38.1 Å². The second-order valence-electron chi connectivity index (χ2n) is 5.69. The number of nitrogens with zero attached hydrogens (tertiary/aromatic N) is 1. The first-order chi connectivity index (χ1) is 11.4. The number of hydrogen-bond donors (Lipinski definition) is 2. The molecule has 1 aliphatic heterocycles. The van der Waals surface area contributed by atoms with E-state index >= 15 is 0 Å². The van der Waals surface area contributed by atoms with Crippen molar-refractivity contribution in [2.45, 2.75) is 31.2 Å². The molecule has 0 unspecified atom stereocenters. The summed E-state index contributed by atoms with van der Waals surface area (Å²) in [5.41, 5.74) is 0. The smallest absolute Gasteiger partial charge is 0.240 e. The van der Waals surface area contributed by atoms with Crippen molar-refractivity contribution in [3.05, 3.63) is 24.3 Å². The van der Waals surface area contributed by atoms with Gasteiger partial charge in [-0.3, -0.25) is 4.79 Å². The Labute approximate surface area is 155 Å². The molecule has 1 atom stereocenters. The van der Waals surface area contributed by atoms with Gasteiger partial charge in [0, 0.05) is 38.6 Å². The molecule has 9 heteroatoms. The molecular weight excluding hydrogens is 366 g/mol. The predicted molar refractivity (Wildman–Crippen MR) is 98.7 cm³/mol. The van der Waals surface area contributed by atoms with E-state index in [9.17, 15) is 13.2 Å². The quantitative estimate of drug-likeness (QED) is 0.723. The van der Waals surface area contributed by atoms with Gasteiger partial charge in [-0.15, -0.1) is 12.4 Å². The number of ether oxygens (including phenoxy) is 1. The molecule has 0 aromatic heterocycles. The maximum Gasteiger partial charge on any atom is 0.240 e. The van der Waals surface area contributed by atoms with Gasteiger partial charge in [-0.25, -0.2) is 13.1 Å². The highest BCUT2D eigenvalue weighted by molar-refractivity contribution is 7.89. The molecule has 1 saturated heterocycles. The zero-order valence-electron chi connectivity index (χ0n) is 14.5. The van der Waals surface area contributed by atoms with E-state index < -0.39 is 10.0 Å². The number of carbonyl (C=O) groups excluding carboxylic acids is 1. The van der Waals surface area contributed by atoms with Crippen molar-refractivity contribution in [2.75, 3.05) is 32.8 Å². The van der Waals surface area contributed by atoms with Gasteiger partial charge in [0.2, 0.25) is 15.9 Å². The molecule has 142 valence electrons. The molecule has 2 N–H and O–H groups in total. The summed E-state index contributed by atoms with van der Waals surface area (Å²) in [6, 6.07) is 6.35. The third kappa shape index (κ3) is 6.14. The number of amides is 1. The van der Waals surface area contributed by atoms with Crippen LogP contribution < -0.4 is 14.8 Å². The molecule has 1 aromatic carbocycles. The molecule has 1 amide bonds. The average Bonchev–Trinajstić information content (AvgIpc) is 2.56.